The topological polar surface area (TPSA) is 43.8 Å². The molecule has 1 heterocycles. The Bertz CT molecular complexity index is 479. The fraction of sp³-hybridized carbons (Fsp3) is 0.562. The lowest BCUT2D eigenvalue weighted by Crippen LogP contribution is -2.51. The number of piperazine rings is 1. The van der Waals surface area contributed by atoms with E-state index in [0.717, 1.165) is 32.7 Å². The molecule has 2 rings (SSSR count). The van der Waals surface area contributed by atoms with E-state index in [0.29, 0.717) is 0 Å². The Kier molecular flexibility index (Phi) is 4.78. The molecule has 20 heavy (non-hydrogen) atoms. The molecular formula is C16H24N2O2. The predicted octanol–water partition coefficient (Wildman–Crippen LogP) is 1.89. The van der Waals surface area contributed by atoms with Crippen LogP contribution in [0.15, 0.2) is 18.2 Å². The van der Waals surface area contributed by atoms with Crippen molar-refractivity contribution in [2.45, 2.75) is 33.4 Å². The molecule has 110 valence electrons. The summed E-state index contributed by atoms with van der Waals surface area (Å²) in [6.45, 7) is 10.5. The normalized spacial score (nSPS) is 18.9. The molecule has 1 unspecified atom stereocenters. The number of aliphatic carboxylic acids is 1. The quantitative estimate of drug-likeness (QED) is 0.912. The first-order valence-electron chi connectivity index (χ1n) is 7.22. The molecule has 0 bridgehead atoms. The van der Waals surface area contributed by atoms with Gasteiger partial charge in [-0.1, -0.05) is 23.8 Å². The summed E-state index contributed by atoms with van der Waals surface area (Å²) in [4.78, 5) is 15.4. The predicted molar refractivity (Wildman–Crippen MR) is 79.9 cm³/mol. The second-order valence-electron chi connectivity index (χ2n) is 5.76. The fourth-order valence-corrected chi connectivity index (χ4v) is 2.73. The number of hydrogen-bond acceptors (Lipinski definition) is 3. The summed E-state index contributed by atoms with van der Waals surface area (Å²) in [5, 5.41) is 9.04. The molecule has 1 aromatic rings. The lowest BCUT2D eigenvalue weighted by atomic mass is 10.0. The smallest absolute Gasteiger partial charge is 0.320 e. The van der Waals surface area contributed by atoms with Crippen LogP contribution in [0.3, 0.4) is 0 Å². The molecule has 1 atom stereocenters. The van der Waals surface area contributed by atoms with Crippen molar-refractivity contribution in [2.24, 2.45) is 0 Å². The molecule has 4 heteroatoms. The number of rotatable bonds is 4. The van der Waals surface area contributed by atoms with Crippen LogP contribution in [-0.2, 0) is 11.3 Å². The average molecular weight is 276 g/mol. The lowest BCUT2D eigenvalue weighted by molar-refractivity contribution is -0.143. The van der Waals surface area contributed by atoms with Crippen LogP contribution >= 0.6 is 0 Å². The molecule has 1 fully saturated rings. The van der Waals surface area contributed by atoms with Crippen molar-refractivity contribution in [1.29, 1.82) is 0 Å². The van der Waals surface area contributed by atoms with E-state index in [1.54, 1.807) is 6.92 Å². The molecule has 0 aromatic heterocycles. The van der Waals surface area contributed by atoms with Gasteiger partial charge >= 0.3 is 5.97 Å². The third kappa shape index (κ3) is 3.58. The van der Waals surface area contributed by atoms with Crippen molar-refractivity contribution >= 4 is 5.97 Å². The van der Waals surface area contributed by atoms with Gasteiger partial charge in [-0.3, -0.25) is 14.6 Å². The number of benzene rings is 1. The average Bonchev–Trinajstić information content (AvgIpc) is 2.42. The van der Waals surface area contributed by atoms with Gasteiger partial charge in [0.2, 0.25) is 0 Å². The van der Waals surface area contributed by atoms with Crippen LogP contribution in [0.25, 0.3) is 0 Å². The summed E-state index contributed by atoms with van der Waals surface area (Å²) in [5.41, 5.74) is 4.01. The van der Waals surface area contributed by atoms with Crippen LogP contribution in [0, 0.1) is 13.8 Å². The summed E-state index contributed by atoms with van der Waals surface area (Å²) in [6.07, 6.45) is 0. The summed E-state index contributed by atoms with van der Waals surface area (Å²) in [6, 6.07) is 6.21. The first kappa shape index (κ1) is 15.0. The highest BCUT2D eigenvalue weighted by Gasteiger charge is 2.25. The minimum Gasteiger partial charge on any atom is -0.480 e. The molecule has 4 nitrogen and oxygen atoms in total. The zero-order valence-corrected chi connectivity index (χ0v) is 12.6. The van der Waals surface area contributed by atoms with Crippen LogP contribution in [0.2, 0.25) is 0 Å². The van der Waals surface area contributed by atoms with E-state index in [1.165, 1.54) is 16.7 Å². The molecule has 1 aliphatic rings. The van der Waals surface area contributed by atoms with Crippen LogP contribution < -0.4 is 0 Å². The van der Waals surface area contributed by atoms with E-state index in [2.05, 4.69) is 36.9 Å². The van der Waals surface area contributed by atoms with Gasteiger partial charge in [0.25, 0.3) is 0 Å². The number of carboxylic acid groups (broad SMARTS) is 1. The molecule has 1 N–H and O–H groups in total. The van der Waals surface area contributed by atoms with Crippen LogP contribution in [0.5, 0.6) is 0 Å². The van der Waals surface area contributed by atoms with E-state index in [9.17, 15) is 4.79 Å². The van der Waals surface area contributed by atoms with E-state index in [-0.39, 0.29) is 6.04 Å². The van der Waals surface area contributed by atoms with Gasteiger partial charge in [0.05, 0.1) is 0 Å². The number of hydrogen-bond donors (Lipinski definition) is 1. The van der Waals surface area contributed by atoms with Gasteiger partial charge < -0.3 is 5.11 Å². The van der Waals surface area contributed by atoms with Gasteiger partial charge in [-0.25, -0.2) is 0 Å². The Morgan fingerprint density at radius 3 is 2.45 bits per heavy atom. The standard InChI is InChI=1S/C16H24N2O2/c1-12-4-5-15(13(2)10-12)11-17-6-8-18(9-7-17)14(3)16(19)20/h4-5,10,14H,6-9,11H2,1-3H3,(H,19,20). The molecule has 0 spiro atoms. The second-order valence-corrected chi connectivity index (χ2v) is 5.76. The first-order chi connectivity index (χ1) is 9.47. The van der Waals surface area contributed by atoms with E-state index >= 15 is 0 Å². The van der Waals surface area contributed by atoms with Crippen molar-refractivity contribution < 1.29 is 9.90 Å². The molecule has 1 saturated heterocycles. The van der Waals surface area contributed by atoms with E-state index in [1.807, 2.05) is 4.90 Å². The maximum Gasteiger partial charge on any atom is 0.320 e. The van der Waals surface area contributed by atoms with Crippen molar-refractivity contribution in [1.82, 2.24) is 9.80 Å². The van der Waals surface area contributed by atoms with Gasteiger partial charge in [0.1, 0.15) is 6.04 Å². The molecule has 1 aliphatic heterocycles. The van der Waals surface area contributed by atoms with Gasteiger partial charge in [-0.05, 0) is 31.9 Å². The number of carboxylic acids is 1. The van der Waals surface area contributed by atoms with Crippen molar-refractivity contribution in [3.8, 4) is 0 Å². The van der Waals surface area contributed by atoms with Gasteiger partial charge in [-0.2, -0.15) is 0 Å². The highest BCUT2D eigenvalue weighted by atomic mass is 16.4. The van der Waals surface area contributed by atoms with Crippen molar-refractivity contribution in [3.63, 3.8) is 0 Å². The highest BCUT2D eigenvalue weighted by molar-refractivity contribution is 5.72. The van der Waals surface area contributed by atoms with Crippen molar-refractivity contribution in [2.75, 3.05) is 26.2 Å². The molecular weight excluding hydrogens is 252 g/mol. The van der Waals surface area contributed by atoms with E-state index < -0.39 is 5.97 Å². The van der Waals surface area contributed by atoms with Crippen molar-refractivity contribution in [3.05, 3.63) is 34.9 Å². The Morgan fingerprint density at radius 1 is 1.25 bits per heavy atom. The molecule has 0 radical (unpaired) electrons. The summed E-state index contributed by atoms with van der Waals surface area (Å²) in [5.74, 6) is -0.729. The molecule has 0 amide bonds. The summed E-state index contributed by atoms with van der Waals surface area (Å²) < 4.78 is 0. The maximum atomic E-state index is 11.0. The van der Waals surface area contributed by atoms with Crippen LogP contribution in [-0.4, -0.2) is 53.1 Å². The monoisotopic (exact) mass is 276 g/mol. The zero-order chi connectivity index (χ0) is 14.7. The Morgan fingerprint density at radius 2 is 1.90 bits per heavy atom. The number of aryl methyl sites for hydroxylation is 2. The third-order valence-electron chi connectivity index (χ3n) is 4.20. The first-order valence-corrected chi connectivity index (χ1v) is 7.22. The van der Waals surface area contributed by atoms with Crippen LogP contribution in [0.4, 0.5) is 0 Å². The fourth-order valence-electron chi connectivity index (χ4n) is 2.73. The highest BCUT2D eigenvalue weighted by Crippen LogP contribution is 2.15. The number of nitrogens with zero attached hydrogens (tertiary/aromatic N) is 2. The van der Waals surface area contributed by atoms with Gasteiger partial charge in [-0.15, -0.1) is 0 Å². The lowest BCUT2D eigenvalue weighted by Gasteiger charge is -2.36. The third-order valence-corrected chi connectivity index (χ3v) is 4.20. The maximum absolute atomic E-state index is 11.0. The summed E-state index contributed by atoms with van der Waals surface area (Å²) >= 11 is 0. The molecule has 0 aliphatic carbocycles. The second kappa shape index (κ2) is 6.37. The number of carbonyl (C=O) groups is 1. The Labute approximate surface area is 121 Å². The summed E-state index contributed by atoms with van der Waals surface area (Å²) in [7, 11) is 0. The van der Waals surface area contributed by atoms with Gasteiger partial charge in [0.15, 0.2) is 0 Å². The van der Waals surface area contributed by atoms with Gasteiger partial charge in [0, 0.05) is 32.7 Å². The SMILES string of the molecule is Cc1ccc(CN2CCN(C(C)C(=O)O)CC2)c(C)c1. The minimum absolute atomic E-state index is 0.377. The zero-order valence-electron chi connectivity index (χ0n) is 12.6. The Balaban J connectivity index is 1.90. The minimum atomic E-state index is -0.729. The van der Waals surface area contributed by atoms with E-state index in [4.69, 9.17) is 5.11 Å². The Hall–Kier alpha value is -1.39. The van der Waals surface area contributed by atoms with Crippen LogP contribution in [0.1, 0.15) is 23.6 Å². The largest absolute Gasteiger partial charge is 0.480 e. The molecule has 0 saturated carbocycles. The molecule has 1 aromatic carbocycles.